The van der Waals surface area contributed by atoms with Crippen LogP contribution in [0.3, 0.4) is 0 Å². The Kier molecular flexibility index (Phi) is 2.98. The Hall–Kier alpha value is -2.80. The van der Waals surface area contributed by atoms with Crippen molar-refractivity contribution < 1.29 is 9.90 Å². The predicted octanol–water partition coefficient (Wildman–Crippen LogP) is 1.94. The zero-order chi connectivity index (χ0) is 13.1. The highest BCUT2D eigenvalue weighted by atomic mass is 16.3. The number of phenolic OH excluding ortho intramolecular Hbond substituents is 1. The minimum absolute atomic E-state index is 0.120. The largest absolute Gasteiger partial charge is 0.507 e. The number of benzene rings is 2. The Morgan fingerprint density at radius 2 is 1.89 bits per heavy atom. The number of nitrogens with two attached hydrogens (primary N) is 1. The van der Waals surface area contributed by atoms with E-state index in [9.17, 15) is 9.90 Å². The van der Waals surface area contributed by atoms with Crippen LogP contribution < -0.4 is 5.73 Å². The number of amides is 1. The first-order chi connectivity index (χ1) is 8.63. The number of aromatic hydroxyl groups is 1. The summed E-state index contributed by atoms with van der Waals surface area (Å²) in [4.78, 5) is 11.0. The maximum atomic E-state index is 11.0. The number of primary amides is 1. The van der Waals surface area contributed by atoms with Crippen LogP contribution in [0.25, 0.3) is 16.8 Å². The van der Waals surface area contributed by atoms with Gasteiger partial charge in [-0.05, 0) is 23.1 Å². The highest BCUT2D eigenvalue weighted by Gasteiger charge is 2.07. The summed E-state index contributed by atoms with van der Waals surface area (Å²) in [5.41, 5.74) is 5.64. The molecule has 0 aliphatic carbocycles. The molecule has 1 amide bonds. The smallest absolute Gasteiger partial charge is 0.259 e. The minimum Gasteiger partial charge on any atom is -0.507 e. The molecule has 0 saturated heterocycles. The molecule has 0 atom stereocenters. The van der Waals surface area contributed by atoms with Gasteiger partial charge in [0.1, 0.15) is 17.4 Å². The van der Waals surface area contributed by atoms with Crippen LogP contribution in [0.1, 0.15) is 5.56 Å². The van der Waals surface area contributed by atoms with Crippen molar-refractivity contribution in [1.82, 2.24) is 0 Å². The van der Waals surface area contributed by atoms with Crippen molar-refractivity contribution in [2.45, 2.75) is 0 Å². The van der Waals surface area contributed by atoms with Gasteiger partial charge in [-0.2, -0.15) is 5.26 Å². The number of hydrogen-bond donors (Lipinski definition) is 2. The van der Waals surface area contributed by atoms with E-state index in [2.05, 4.69) is 0 Å². The molecule has 0 aromatic heterocycles. The first-order valence-corrected chi connectivity index (χ1v) is 5.26. The van der Waals surface area contributed by atoms with Crippen molar-refractivity contribution in [1.29, 1.82) is 5.26 Å². The van der Waals surface area contributed by atoms with Crippen LogP contribution in [0.2, 0.25) is 0 Å². The van der Waals surface area contributed by atoms with Gasteiger partial charge in [0.15, 0.2) is 0 Å². The standard InChI is InChI=1S/C14H10N2O2/c15-8-10(14(16)18)7-9-5-6-13(17)12-4-2-1-3-11(9)12/h1-7,17H,(H2,16,18)/b10-7-. The summed E-state index contributed by atoms with van der Waals surface area (Å²) in [6.45, 7) is 0. The van der Waals surface area contributed by atoms with Crippen molar-refractivity contribution >= 4 is 22.8 Å². The fourth-order valence-corrected chi connectivity index (χ4v) is 1.75. The highest BCUT2D eigenvalue weighted by molar-refractivity contribution is 6.04. The highest BCUT2D eigenvalue weighted by Crippen LogP contribution is 2.28. The predicted molar refractivity (Wildman–Crippen MR) is 68.4 cm³/mol. The van der Waals surface area contributed by atoms with Crippen LogP contribution >= 0.6 is 0 Å². The third-order valence-electron chi connectivity index (χ3n) is 2.62. The molecule has 88 valence electrons. The van der Waals surface area contributed by atoms with E-state index in [0.29, 0.717) is 10.9 Å². The van der Waals surface area contributed by atoms with Crippen LogP contribution in [0.4, 0.5) is 0 Å². The van der Waals surface area contributed by atoms with E-state index >= 15 is 0 Å². The van der Waals surface area contributed by atoms with Crippen molar-refractivity contribution in [3.8, 4) is 11.8 Å². The van der Waals surface area contributed by atoms with Crippen LogP contribution in [0, 0.1) is 11.3 Å². The third kappa shape index (κ3) is 2.02. The maximum Gasteiger partial charge on any atom is 0.259 e. The normalized spacial score (nSPS) is 11.2. The summed E-state index contributed by atoms with van der Waals surface area (Å²) < 4.78 is 0. The quantitative estimate of drug-likeness (QED) is 0.619. The van der Waals surface area contributed by atoms with E-state index in [0.717, 1.165) is 5.39 Å². The van der Waals surface area contributed by atoms with Gasteiger partial charge < -0.3 is 10.8 Å². The Morgan fingerprint density at radius 1 is 1.22 bits per heavy atom. The molecule has 0 saturated carbocycles. The Morgan fingerprint density at radius 3 is 2.50 bits per heavy atom. The van der Waals surface area contributed by atoms with Crippen LogP contribution in [-0.2, 0) is 4.79 Å². The van der Waals surface area contributed by atoms with E-state index in [1.807, 2.05) is 6.07 Å². The minimum atomic E-state index is -0.769. The maximum absolute atomic E-state index is 11.0. The third-order valence-corrected chi connectivity index (χ3v) is 2.62. The van der Waals surface area contributed by atoms with E-state index in [4.69, 9.17) is 11.0 Å². The Bertz CT molecular complexity index is 696. The van der Waals surface area contributed by atoms with E-state index in [-0.39, 0.29) is 11.3 Å². The molecule has 2 rings (SSSR count). The topological polar surface area (TPSA) is 87.1 Å². The number of carbonyl (C=O) groups is 1. The van der Waals surface area contributed by atoms with Crippen LogP contribution in [0.5, 0.6) is 5.75 Å². The molecule has 0 spiro atoms. The van der Waals surface area contributed by atoms with E-state index in [1.54, 1.807) is 30.3 Å². The van der Waals surface area contributed by atoms with Crippen molar-refractivity contribution in [3.63, 3.8) is 0 Å². The Balaban J connectivity index is 2.71. The summed E-state index contributed by atoms with van der Waals surface area (Å²) >= 11 is 0. The number of carbonyl (C=O) groups excluding carboxylic acids is 1. The van der Waals surface area contributed by atoms with Gasteiger partial charge in [-0.15, -0.1) is 0 Å². The molecule has 0 radical (unpaired) electrons. The van der Waals surface area contributed by atoms with Gasteiger partial charge in [0, 0.05) is 5.39 Å². The number of rotatable bonds is 2. The molecule has 3 N–H and O–H groups in total. The molecule has 18 heavy (non-hydrogen) atoms. The van der Waals surface area contributed by atoms with Gasteiger partial charge in [-0.1, -0.05) is 30.3 Å². The zero-order valence-electron chi connectivity index (χ0n) is 9.42. The molecule has 0 aliphatic rings. The average Bonchev–Trinajstić information content (AvgIpc) is 2.38. The number of nitriles is 1. The van der Waals surface area contributed by atoms with Gasteiger partial charge >= 0.3 is 0 Å². The molecular formula is C14H10N2O2. The van der Waals surface area contributed by atoms with Gasteiger partial charge in [0.25, 0.3) is 5.91 Å². The van der Waals surface area contributed by atoms with Crippen molar-refractivity contribution in [2.24, 2.45) is 5.73 Å². The summed E-state index contributed by atoms with van der Waals surface area (Å²) in [5.74, 6) is -0.616. The first-order valence-electron chi connectivity index (χ1n) is 5.26. The van der Waals surface area contributed by atoms with Gasteiger partial charge in [0.05, 0.1) is 0 Å². The number of fused-ring (bicyclic) bond motifs is 1. The summed E-state index contributed by atoms with van der Waals surface area (Å²) in [6.07, 6.45) is 1.42. The number of hydrogen-bond acceptors (Lipinski definition) is 3. The molecule has 0 heterocycles. The second kappa shape index (κ2) is 4.60. The molecule has 2 aromatic carbocycles. The summed E-state index contributed by atoms with van der Waals surface area (Å²) in [7, 11) is 0. The number of nitrogens with zero attached hydrogens (tertiary/aromatic N) is 1. The Labute approximate surface area is 104 Å². The number of phenols is 1. The molecule has 4 nitrogen and oxygen atoms in total. The lowest BCUT2D eigenvalue weighted by molar-refractivity contribution is -0.114. The van der Waals surface area contributed by atoms with Crippen molar-refractivity contribution in [3.05, 3.63) is 47.5 Å². The summed E-state index contributed by atoms with van der Waals surface area (Å²) in [5, 5.41) is 20.0. The van der Waals surface area contributed by atoms with Gasteiger partial charge in [-0.25, -0.2) is 0 Å². The molecule has 4 heteroatoms. The average molecular weight is 238 g/mol. The lowest BCUT2D eigenvalue weighted by atomic mass is 10.0. The van der Waals surface area contributed by atoms with Crippen molar-refractivity contribution in [2.75, 3.05) is 0 Å². The van der Waals surface area contributed by atoms with Gasteiger partial charge in [-0.3, -0.25) is 4.79 Å². The van der Waals surface area contributed by atoms with Crippen LogP contribution in [0.15, 0.2) is 42.0 Å². The fraction of sp³-hybridized carbons (Fsp3) is 0. The molecule has 0 fully saturated rings. The second-order valence-electron chi connectivity index (χ2n) is 3.75. The summed E-state index contributed by atoms with van der Waals surface area (Å²) in [6, 6.07) is 12.1. The van der Waals surface area contributed by atoms with Gasteiger partial charge in [0.2, 0.25) is 0 Å². The molecule has 0 aliphatic heterocycles. The monoisotopic (exact) mass is 238 g/mol. The molecule has 0 bridgehead atoms. The zero-order valence-corrected chi connectivity index (χ0v) is 9.42. The molecular weight excluding hydrogens is 228 g/mol. The second-order valence-corrected chi connectivity index (χ2v) is 3.75. The van der Waals surface area contributed by atoms with E-state index < -0.39 is 5.91 Å². The first kappa shape index (κ1) is 11.7. The molecule has 2 aromatic rings. The lowest BCUT2D eigenvalue weighted by Crippen LogP contribution is -2.12. The van der Waals surface area contributed by atoms with Crippen LogP contribution in [-0.4, -0.2) is 11.0 Å². The fourth-order valence-electron chi connectivity index (χ4n) is 1.75. The van der Waals surface area contributed by atoms with E-state index in [1.165, 1.54) is 12.1 Å². The lowest BCUT2D eigenvalue weighted by Gasteiger charge is -2.04. The molecule has 0 unspecified atom stereocenters. The SMILES string of the molecule is N#C/C(=C/c1ccc(O)c2ccccc12)C(N)=O.